The van der Waals surface area contributed by atoms with E-state index < -0.39 is 5.97 Å². The molecule has 0 aliphatic carbocycles. The number of hydrogen-bond acceptors (Lipinski definition) is 3. The summed E-state index contributed by atoms with van der Waals surface area (Å²) in [7, 11) is 0. The van der Waals surface area contributed by atoms with Crippen molar-refractivity contribution in [2.45, 2.75) is 0 Å². The van der Waals surface area contributed by atoms with Crippen LogP contribution in [0.25, 0.3) is 6.08 Å². The van der Waals surface area contributed by atoms with Crippen molar-refractivity contribution in [1.29, 1.82) is 0 Å². The summed E-state index contributed by atoms with van der Waals surface area (Å²) in [5.41, 5.74) is 4.38. The SMILES string of the molecule is O=C(O)c1ccc(Cl)c(N/N=C\C=C\c2ccccc2)c1. The molecule has 0 heterocycles. The minimum Gasteiger partial charge on any atom is -0.478 e. The van der Waals surface area contributed by atoms with Crippen LogP contribution in [-0.4, -0.2) is 17.3 Å². The minimum absolute atomic E-state index is 0.150. The topological polar surface area (TPSA) is 61.7 Å². The van der Waals surface area contributed by atoms with Crippen molar-refractivity contribution in [2.75, 3.05) is 5.43 Å². The van der Waals surface area contributed by atoms with Crippen molar-refractivity contribution in [1.82, 2.24) is 0 Å². The Bertz CT molecular complexity index is 682. The molecule has 21 heavy (non-hydrogen) atoms. The van der Waals surface area contributed by atoms with E-state index in [1.807, 2.05) is 36.4 Å². The molecule has 106 valence electrons. The first-order chi connectivity index (χ1) is 10.2. The maximum absolute atomic E-state index is 10.9. The highest BCUT2D eigenvalue weighted by molar-refractivity contribution is 6.33. The van der Waals surface area contributed by atoms with Gasteiger partial charge in [0.1, 0.15) is 0 Å². The fraction of sp³-hybridized carbons (Fsp3) is 0. The molecule has 0 radical (unpaired) electrons. The van der Waals surface area contributed by atoms with Crippen molar-refractivity contribution in [2.24, 2.45) is 5.10 Å². The number of halogens is 1. The molecule has 2 aromatic carbocycles. The molecule has 4 nitrogen and oxygen atoms in total. The number of allylic oxidation sites excluding steroid dienone is 1. The summed E-state index contributed by atoms with van der Waals surface area (Å²) in [4.78, 5) is 10.9. The van der Waals surface area contributed by atoms with Crippen molar-refractivity contribution < 1.29 is 9.90 Å². The van der Waals surface area contributed by atoms with Crippen molar-refractivity contribution in [3.8, 4) is 0 Å². The highest BCUT2D eigenvalue weighted by Gasteiger charge is 2.06. The third-order valence-electron chi connectivity index (χ3n) is 2.65. The number of nitrogens with one attached hydrogen (secondary N) is 1. The van der Waals surface area contributed by atoms with Gasteiger partial charge < -0.3 is 5.11 Å². The molecule has 0 atom stereocenters. The van der Waals surface area contributed by atoms with Crippen molar-refractivity contribution in [3.05, 3.63) is 70.8 Å². The number of carboxylic acids is 1. The first kappa shape index (κ1) is 14.8. The van der Waals surface area contributed by atoms with E-state index in [1.54, 1.807) is 12.3 Å². The van der Waals surface area contributed by atoms with E-state index in [1.165, 1.54) is 18.2 Å². The first-order valence-corrected chi connectivity index (χ1v) is 6.58. The van der Waals surface area contributed by atoms with Crippen LogP contribution in [0.5, 0.6) is 0 Å². The normalized spacial score (nSPS) is 11.1. The molecule has 0 spiro atoms. The van der Waals surface area contributed by atoms with E-state index >= 15 is 0 Å². The Morgan fingerprint density at radius 3 is 2.67 bits per heavy atom. The lowest BCUT2D eigenvalue weighted by atomic mass is 10.2. The lowest BCUT2D eigenvalue weighted by molar-refractivity contribution is 0.0697. The van der Waals surface area contributed by atoms with Gasteiger partial charge in [0.05, 0.1) is 16.3 Å². The summed E-state index contributed by atoms with van der Waals surface area (Å²) in [6, 6.07) is 14.2. The molecular weight excluding hydrogens is 288 g/mol. The van der Waals surface area contributed by atoms with Crippen LogP contribution in [0.15, 0.2) is 59.7 Å². The minimum atomic E-state index is -1.01. The molecule has 2 N–H and O–H groups in total. The number of carboxylic acid groups (broad SMARTS) is 1. The second-order valence-electron chi connectivity index (χ2n) is 4.16. The fourth-order valence-electron chi connectivity index (χ4n) is 1.61. The molecule has 0 saturated heterocycles. The quantitative estimate of drug-likeness (QED) is 0.644. The third kappa shape index (κ3) is 4.47. The lowest BCUT2D eigenvalue weighted by Crippen LogP contribution is -1.98. The van der Waals surface area contributed by atoms with Crippen molar-refractivity contribution >= 4 is 35.5 Å². The zero-order valence-electron chi connectivity index (χ0n) is 11.0. The summed E-state index contributed by atoms with van der Waals surface area (Å²) in [6.07, 6.45) is 5.24. The maximum Gasteiger partial charge on any atom is 0.335 e. The molecule has 0 saturated carbocycles. The molecule has 5 heteroatoms. The van der Waals surface area contributed by atoms with E-state index in [9.17, 15) is 4.79 Å². The number of hydrogen-bond donors (Lipinski definition) is 2. The number of rotatable bonds is 5. The fourth-order valence-corrected chi connectivity index (χ4v) is 1.77. The number of aromatic carboxylic acids is 1. The molecule has 2 rings (SSSR count). The van der Waals surface area contributed by atoms with Crippen LogP contribution in [0, 0.1) is 0 Å². The van der Waals surface area contributed by atoms with Crippen LogP contribution in [-0.2, 0) is 0 Å². The van der Waals surface area contributed by atoms with E-state index in [2.05, 4.69) is 10.5 Å². The average molecular weight is 301 g/mol. The van der Waals surface area contributed by atoms with Gasteiger partial charge in [-0.15, -0.1) is 0 Å². The highest BCUT2D eigenvalue weighted by Crippen LogP contribution is 2.22. The molecule has 0 aliphatic heterocycles. The van der Waals surface area contributed by atoms with Gasteiger partial charge in [0, 0.05) is 6.21 Å². The lowest BCUT2D eigenvalue weighted by Gasteiger charge is -2.03. The predicted molar refractivity (Wildman–Crippen MR) is 86.0 cm³/mol. The molecule has 0 aromatic heterocycles. The third-order valence-corrected chi connectivity index (χ3v) is 2.98. The van der Waals surface area contributed by atoms with Gasteiger partial charge in [-0.25, -0.2) is 4.79 Å². The Morgan fingerprint density at radius 1 is 1.19 bits per heavy atom. The van der Waals surface area contributed by atoms with Crippen LogP contribution in [0.3, 0.4) is 0 Å². The molecular formula is C16H13ClN2O2. The van der Waals surface area contributed by atoms with Crippen molar-refractivity contribution in [3.63, 3.8) is 0 Å². The van der Waals surface area contributed by atoms with Gasteiger partial charge in [-0.3, -0.25) is 5.43 Å². The highest BCUT2D eigenvalue weighted by atomic mass is 35.5. The van der Waals surface area contributed by atoms with Gasteiger partial charge in [0.15, 0.2) is 0 Å². The van der Waals surface area contributed by atoms with Gasteiger partial charge in [-0.05, 0) is 29.8 Å². The summed E-state index contributed by atoms with van der Waals surface area (Å²) in [5.74, 6) is -1.01. The number of hydrazone groups is 1. The summed E-state index contributed by atoms with van der Waals surface area (Å²) in [6.45, 7) is 0. The zero-order chi connectivity index (χ0) is 15.1. The predicted octanol–water partition coefficient (Wildman–Crippen LogP) is 4.15. The van der Waals surface area contributed by atoms with Crippen LogP contribution >= 0.6 is 11.6 Å². The van der Waals surface area contributed by atoms with Crippen LogP contribution in [0.2, 0.25) is 5.02 Å². The molecule has 0 unspecified atom stereocenters. The summed E-state index contributed by atoms with van der Waals surface area (Å²) in [5, 5.41) is 13.3. The zero-order valence-corrected chi connectivity index (χ0v) is 11.8. The Hall–Kier alpha value is -2.59. The summed E-state index contributed by atoms with van der Waals surface area (Å²) >= 11 is 5.96. The second-order valence-corrected chi connectivity index (χ2v) is 4.57. The standard InChI is InChI=1S/C16H13ClN2O2/c17-14-9-8-13(16(20)21)11-15(14)19-18-10-4-7-12-5-2-1-3-6-12/h1-11,19H,(H,20,21)/b7-4+,18-10-. The number of anilines is 1. The van der Waals surface area contributed by atoms with E-state index in [0.717, 1.165) is 5.56 Å². The molecule has 0 bridgehead atoms. The molecule has 0 fully saturated rings. The average Bonchev–Trinajstić information content (AvgIpc) is 2.49. The van der Waals surface area contributed by atoms with E-state index in [-0.39, 0.29) is 5.56 Å². The van der Waals surface area contributed by atoms with Gasteiger partial charge in [-0.1, -0.05) is 48.0 Å². The van der Waals surface area contributed by atoms with Crippen LogP contribution in [0.4, 0.5) is 5.69 Å². The number of benzene rings is 2. The number of carbonyl (C=O) groups is 1. The number of nitrogens with zero attached hydrogens (tertiary/aromatic N) is 1. The Kier molecular flexibility index (Phi) is 5.12. The Labute approximate surface area is 127 Å². The maximum atomic E-state index is 10.9. The molecule has 0 aliphatic rings. The van der Waals surface area contributed by atoms with Crippen LogP contribution < -0.4 is 5.43 Å². The van der Waals surface area contributed by atoms with Gasteiger partial charge in [-0.2, -0.15) is 5.10 Å². The molecule has 0 amide bonds. The second kappa shape index (κ2) is 7.26. The van der Waals surface area contributed by atoms with Crippen LogP contribution in [0.1, 0.15) is 15.9 Å². The van der Waals surface area contributed by atoms with E-state index in [4.69, 9.17) is 16.7 Å². The van der Waals surface area contributed by atoms with Gasteiger partial charge in [0.2, 0.25) is 0 Å². The largest absolute Gasteiger partial charge is 0.478 e. The monoisotopic (exact) mass is 300 g/mol. The van der Waals surface area contributed by atoms with Gasteiger partial charge >= 0.3 is 5.97 Å². The van der Waals surface area contributed by atoms with E-state index in [0.29, 0.717) is 10.7 Å². The first-order valence-electron chi connectivity index (χ1n) is 6.20. The smallest absolute Gasteiger partial charge is 0.335 e. The Balaban J connectivity index is 1.99. The Morgan fingerprint density at radius 2 is 1.95 bits per heavy atom. The molecule has 2 aromatic rings. The van der Waals surface area contributed by atoms with Gasteiger partial charge in [0.25, 0.3) is 0 Å². The summed E-state index contributed by atoms with van der Waals surface area (Å²) < 4.78 is 0.